The van der Waals surface area contributed by atoms with E-state index >= 15 is 0 Å². The third-order valence-electron chi connectivity index (χ3n) is 4.40. The Morgan fingerprint density at radius 3 is 2.56 bits per heavy atom. The van der Waals surface area contributed by atoms with Crippen molar-refractivity contribution in [1.29, 1.82) is 0 Å². The van der Waals surface area contributed by atoms with Gasteiger partial charge in [-0.2, -0.15) is 0 Å². The molecule has 8 nitrogen and oxygen atoms in total. The van der Waals surface area contributed by atoms with Crippen LogP contribution in [0.2, 0.25) is 0 Å². The van der Waals surface area contributed by atoms with Crippen LogP contribution in [-0.2, 0) is 14.3 Å². The molecule has 2 heterocycles. The van der Waals surface area contributed by atoms with Gasteiger partial charge >= 0.3 is 6.09 Å². The minimum Gasteiger partial charge on any atom is -0.453 e. The number of ether oxygens (including phenoxy) is 2. The molecule has 0 aliphatic carbocycles. The lowest BCUT2D eigenvalue weighted by Gasteiger charge is -2.34. The predicted molar refractivity (Wildman–Crippen MR) is 95.7 cm³/mol. The number of alkyl carbamates (subject to hydrolysis) is 1. The Hall–Kier alpha value is -1.96. The quantitative estimate of drug-likeness (QED) is 0.684. The lowest BCUT2D eigenvalue weighted by molar-refractivity contribution is -0.138. The molecule has 0 spiro atoms. The summed E-state index contributed by atoms with van der Waals surface area (Å²) in [4.78, 5) is 26.3. The molecule has 0 radical (unpaired) electrons. The fraction of sp³-hybridized carbons (Fsp3) is 0.765. The van der Waals surface area contributed by atoms with E-state index in [1.807, 2.05) is 31.9 Å². The van der Waals surface area contributed by atoms with Crippen LogP contribution in [0.25, 0.3) is 0 Å². The second-order valence-electron chi connectivity index (χ2n) is 5.91. The minimum absolute atomic E-state index is 0.00178. The molecular formula is C17H32N4O4. The van der Waals surface area contributed by atoms with Crippen molar-refractivity contribution in [3.8, 4) is 0 Å². The lowest BCUT2D eigenvalue weighted by Crippen LogP contribution is -2.59. The van der Waals surface area contributed by atoms with Crippen LogP contribution in [0.3, 0.4) is 0 Å². The van der Waals surface area contributed by atoms with Crippen LogP contribution in [0.4, 0.5) is 4.79 Å². The molecule has 25 heavy (non-hydrogen) atoms. The van der Waals surface area contributed by atoms with Crippen molar-refractivity contribution in [2.45, 2.75) is 64.9 Å². The van der Waals surface area contributed by atoms with Crippen LogP contribution in [0.5, 0.6) is 0 Å². The van der Waals surface area contributed by atoms with Crippen LogP contribution in [-0.4, -0.2) is 62.0 Å². The molecule has 2 rings (SSSR count). The first-order valence-corrected chi connectivity index (χ1v) is 8.85. The molecule has 2 amide bonds. The smallest absolute Gasteiger partial charge is 0.407 e. The van der Waals surface area contributed by atoms with E-state index < -0.39 is 18.2 Å². The standard InChI is InChI=1S/C15H26N4O4.C2H6/c1-9-8-16-13(17-9)11-6-5-7-19(11)14(20)12(10(2)22-3)18-15(21)23-4;1-2/h8,10-13,16-17H,5-7H2,1-4H3,(H,18,21);1-2H3. The van der Waals surface area contributed by atoms with Crippen molar-refractivity contribution >= 4 is 12.0 Å². The van der Waals surface area contributed by atoms with Crippen molar-refractivity contribution < 1.29 is 19.1 Å². The molecule has 4 atom stereocenters. The van der Waals surface area contributed by atoms with Gasteiger partial charge in [-0.05, 0) is 26.7 Å². The number of allylic oxidation sites excluding steroid dienone is 1. The molecule has 0 aromatic rings. The summed E-state index contributed by atoms with van der Waals surface area (Å²) in [6.45, 7) is 8.39. The molecule has 4 unspecified atom stereocenters. The van der Waals surface area contributed by atoms with Crippen LogP contribution in [0, 0.1) is 0 Å². The second-order valence-corrected chi connectivity index (χ2v) is 5.91. The zero-order valence-electron chi connectivity index (χ0n) is 16.1. The van der Waals surface area contributed by atoms with Gasteiger partial charge in [0.05, 0.1) is 19.3 Å². The summed E-state index contributed by atoms with van der Waals surface area (Å²) in [5.74, 6) is -0.152. The summed E-state index contributed by atoms with van der Waals surface area (Å²) in [7, 11) is 2.78. The number of amides is 2. The summed E-state index contributed by atoms with van der Waals surface area (Å²) in [6.07, 6.45) is 2.65. The molecule has 1 saturated heterocycles. The topological polar surface area (TPSA) is 91.9 Å². The van der Waals surface area contributed by atoms with Gasteiger partial charge in [0.25, 0.3) is 0 Å². The molecule has 0 saturated carbocycles. The van der Waals surface area contributed by atoms with Crippen molar-refractivity contribution in [2.75, 3.05) is 20.8 Å². The van der Waals surface area contributed by atoms with Crippen molar-refractivity contribution in [3.05, 3.63) is 11.9 Å². The van der Waals surface area contributed by atoms with E-state index in [2.05, 4.69) is 20.7 Å². The predicted octanol–water partition coefficient (Wildman–Crippen LogP) is 1.14. The zero-order chi connectivity index (χ0) is 19.0. The summed E-state index contributed by atoms with van der Waals surface area (Å²) in [5.41, 5.74) is 1.05. The normalized spacial score (nSPS) is 24.1. The lowest BCUT2D eigenvalue weighted by atomic mass is 10.1. The van der Waals surface area contributed by atoms with E-state index in [1.165, 1.54) is 14.2 Å². The number of hydrogen-bond donors (Lipinski definition) is 3. The molecule has 2 aliphatic rings. The molecule has 1 fully saturated rings. The second kappa shape index (κ2) is 10.1. The number of nitrogens with zero attached hydrogens (tertiary/aromatic N) is 1. The molecule has 2 aliphatic heterocycles. The van der Waals surface area contributed by atoms with Gasteiger partial charge in [0.15, 0.2) is 0 Å². The van der Waals surface area contributed by atoms with Crippen LogP contribution < -0.4 is 16.0 Å². The van der Waals surface area contributed by atoms with E-state index in [0.717, 1.165) is 18.5 Å². The highest BCUT2D eigenvalue weighted by Gasteiger charge is 2.40. The average Bonchev–Trinajstić information content (AvgIpc) is 3.28. The zero-order valence-corrected chi connectivity index (χ0v) is 16.1. The number of rotatable bonds is 5. The minimum atomic E-state index is -0.775. The maximum absolute atomic E-state index is 12.9. The van der Waals surface area contributed by atoms with Gasteiger partial charge in [0.1, 0.15) is 12.2 Å². The van der Waals surface area contributed by atoms with E-state index in [9.17, 15) is 9.59 Å². The largest absolute Gasteiger partial charge is 0.453 e. The fourth-order valence-electron chi connectivity index (χ4n) is 3.04. The monoisotopic (exact) mass is 356 g/mol. The molecule has 144 valence electrons. The first kappa shape index (κ1) is 21.1. The van der Waals surface area contributed by atoms with E-state index in [4.69, 9.17) is 4.74 Å². The third kappa shape index (κ3) is 5.26. The number of carbonyl (C=O) groups is 2. The van der Waals surface area contributed by atoms with Gasteiger partial charge in [-0.3, -0.25) is 4.79 Å². The highest BCUT2D eigenvalue weighted by molar-refractivity contribution is 5.86. The molecular weight excluding hydrogens is 324 g/mol. The third-order valence-corrected chi connectivity index (χ3v) is 4.40. The fourth-order valence-corrected chi connectivity index (χ4v) is 3.04. The summed E-state index contributed by atoms with van der Waals surface area (Å²) in [6, 6.07) is -0.745. The molecule has 8 heteroatoms. The molecule has 0 aromatic carbocycles. The van der Waals surface area contributed by atoms with E-state index in [-0.39, 0.29) is 18.1 Å². The SMILES string of the molecule is CC.COC(=O)NC(C(=O)N1CCCC1C1NC=C(C)N1)C(C)OC. The Kier molecular flexibility index (Phi) is 8.54. The summed E-state index contributed by atoms with van der Waals surface area (Å²) < 4.78 is 9.88. The summed E-state index contributed by atoms with van der Waals surface area (Å²) >= 11 is 0. The van der Waals surface area contributed by atoms with Gasteiger partial charge in [-0.1, -0.05) is 13.8 Å². The number of carbonyl (C=O) groups excluding carboxylic acids is 2. The molecule has 0 aromatic heterocycles. The van der Waals surface area contributed by atoms with Gasteiger partial charge in [0, 0.05) is 25.6 Å². The molecule has 3 N–H and O–H groups in total. The first-order chi connectivity index (χ1) is 12.0. The highest BCUT2D eigenvalue weighted by atomic mass is 16.5. The number of likely N-dealkylation sites (tertiary alicyclic amines) is 1. The Morgan fingerprint density at radius 2 is 2.04 bits per heavy atom. The van der Waals surface area contributed by atoms with Crippen molar-refractivity contribution in [1.82, 2.24) is 20.9 Å². The Balaban J connectivity index is 0.00000151. The average molecular weight is 356 g/mol. The van der Waals surface area contributed by atoms with Gasteiger partial charge in [0.2, 0.25) is 5.91 Å². The summed E-state index contributed by atoms with van der Waals surface area (Å²) in [5, 5.41) is 9.17. The Labute approximate surface area is 150 Å². The maximum Gasteiger partial charge on any atom is 0.407 e. The van der Waals surface area contributed by atoms with Gasteiger partial charge in [-0.25, -0.2) is 4.79 Å². The van der Waals surface area contributed by atoms with Crippen LogP contribution >= 0.6 is 0 Å². The molecule has 0 bridgehead atoms. The highest BCUT2D eigenvalue weighted by Crippen LogP contribution is 2.23. The number of hydrogen-bond acceptors (Lipinski definition) is 6. The van der Waals surface area contributed by atoms with Crippen molar-refractivity contribution in [2.24, 2.45) is 0 Å². The van der Waals surface area contributed by atoms with Crippen LogP contribution in [0.1, 0.15) is 40.5 Å². The van der Waals surface area contributed by atoms with E-state index in [1.54, 1.807) is 6.92 Å². The van der Waals surface area contributed by atoms with E-state index in [0.29, 0.717) is 6.54 Å². The van der Waals surface area contributed by atoms with Crippen LogP contribution in [0.15, 0.2) is 11.9 Å². The first-order valence-electron chi connectivity index (χ1n) is 8.85. The van der Waals surface area contributed by atoms with Crippen molar-refractivity contribution in [3.63, 3.8) is 0 Å². The number of nitrogens with one attached hydrogen (secondary N) is 3. The van der Waals surface area contributed by atoms with Gasteiger partial charge < -0.3 is 30.3 Å². The Bertz CT molecular complexity index is 483. The maximum atomic E-state index is 12.9. The Morgan fingerprint density at radius 1 is 1.36 bits per heavy atom. The van der Waals surface area contributed by atoms with Gasteiger partial charge in [-0.15, -0.1) is 0 Å². The number of methoxy groups -OCH3 is 2.